The van der Waals surface area contributed by atoms with Gasteiger partial charge >= 0.3 is 0 Å². The highest BCUT2D eigenvalue weighted by Gasteiger charge is 2.21. The number of imidazole rings is 1. The molecule has 146 valence electrons. The zero-order valence-corrected chi connectivity index (χ0v) is 17.2. The fourth-order valence-electron chi connectivity index (χ4n) is 3.34. The third-order valence-electron chi connectivity index (χ3n) is 4.58. The Balaban J connectivity index is 1.77. The highest BCUT2D eigenvalue weighted by atomic mass is 35.5. The Kier molecular flexibility index (Phi) is 6.05. The van der Waals surface area contributed by atoms with Gasteiger partial charge in [-0.25, -0.2) is 4.98 Å². The molecule has 6 heteroatoms. The summed E-state index contributed by atoms with van der Waals surface area (Å²) in [6.45, 7) is 5.94. The molecule has 1 N–H and O–H groups in total. The summed E-state index contributed by atoms with van der Waals surface area (Å²) in [6.07, 6.45) is 3.56. The van der Waals surface area contributed by atoms with E-state index in [1.54, 1.807) is 18.3 Å². The van der Waals surface area contributed by atoms with E-state index in [1.165, 1.54) is 5.56 Å². The summed E-state index contributed by atoms with van der Waals surface area (Å²) in [7, 11) is 1.90. The van der Waals surface area contributed by atoms with Crippen LogP contribution in [0.5, 0.6) is 5.75 Å². The minimum atomic E-state index is -0.395. The molecule has 3 rings (SSSR count). The molecule has 1 heterocycles. The van der Waals surface area contributed by atoms with Crippen LogP contribution in [0, 0.1) is 20.8 Å². The summed E-state index contributed by atoms with van der Waals surface area (Å²) in [6, 6.07) is 11.1. The van der Waals surface area contributed by atoms with Gasteiger partial charge in [0.2, 0.25) is 0 Å². The topological polar surface area (TPSA) is 56.1 Å². The van der Waals surface area contributed by atoms with Gasteiger partial charge in [-0.3, -0.25) is 4.79 Å². The maximum Gasteiger partial charge on any atom is 0.258 e. The molecule has 0 saturated carbocycles. The molecule has 2 aromatic carbocycles. The van der Waals surface area contributed by atoms with Gasteiger partial charge in [-0.15, -0.1) is 0 Å². The fraction of sp³-hybridized carbons (Fsp3) is 0.273. The van der Waals surface area contributed by atoms with Gasteiger partial charge in [-0.2, -0.15) is 0 Å². The van der Waals surface area contributed by atoms with Crippen molar-refractivity contribution < 1.29 is 9.53 Å². The van der Waals surface area contributed by atoms with Crippen molar-refractivity contribution in [3.8, 4) is 5.75 Å². The van der Waals surface area contributed by atoms with E-state index in [-0.39, 0.29) is 12.5 Å². The molecule has 1 amide bonds. The lowest BCUT2D eigenvalue weighted by Gasteiger charge is -2.20. The van der Waals surface area contributed by atoms with Crippen LogP contribution in [0.3, 0.4) is 0 Å². The zero-order valence-electron chi connectivity index (χ0n) is 16.5. The average molecular weight is 398 g/mol. The summed E-state index contributed by atoms with van der Waals surface area (Å²) >= 11 is 6.01. The summed E-state index contributed by atoms with van der Waals surface area (Å²) in [5, 5.41) is 3.67. The second-order valence-corrected chi connectivity index (χ2v) is 7.40. The van der Waals surface area contributed by atoms with Crippen molar-refractivity contribution >= 4 is 17.5 Å². The van der Waals surface area contributed by atoms with Crippen molar-refractivity contribution in [2.45, 2.75) is 26.8 Å². The molecule has 5 nitrogen and oxygen atoms in total. The molecule has 0 aliphatic carbocycles. The fourth-order valence-corrected chi connectivity index (χ4v) is 3.47. The number of benzene rings is 2. The smallest absolute Gasteiger partial charge is 0.258 e. The molecule has 0 bridgehead atoms. The van der Waals surface area contributed by atoms with Crippen molar-refractivity contribution in [3.63, 3.8) is 0 Å². The second-order valence-electron chi connectivity index (χ2n) is 6.96. The third kappa shape index (κ3) is 4.54. The molecule has 28 heavy (non-hydrogen) atoms. The second kappa shape index (κ2) is 8.48. The Labute approximate surface area is 170 Å². The highest BCUT2D eigenvalue weighted by Crippen LogP contribution is 2.25. The van der Waals surface area contributed by atoms with Crippen LogP contribution in [0.2, 0.25) is 5.02 Å². The molecule has 0 aliphatic heterocycles. The molecular formula is C22H24ClN3O2. The largest absolute Gasteiger partial charge is 0.483 e. The minimum Gasteiger partial charge on any atom is -0.483 e. The van der Waals surface area contributed by atoms with Crippen LogP contribution in [0.15, 0.2) is 48.8 Å². The SMILES string of the molecule is Cc1cc(C)c(OCC(=O)N[C@H](c2ccc(Cl)cc2)c2nccn2C)c(C)c1. The first-order valence-corrected chi connectivity index (χ1v) is 9.45. The molecule has 3 aromatic rings. The molecule has 0 saturated heterocycles. The number of nitrogens with zero attached hydrogens (tertiary/aromatic N) is 2. The predicted molar refractivity (Wildman–Crippen MR) is 111 cm³/mol. The number of amides is 1. The van der Waals surface area contributed by atoms with E-state index in [0.717, 1.165) is 28.3 Å². The van der Waals surface area contributed by atoms with Crippen molar-refractivity contribution in [1.29, 1.82) is 0 Å². The number of ether oxygens (including phenoxy) is 1. The zero-order chi connectivity index (χ0) is 20.3. The number of carbonyl (C=O) groups is 1. The van der Waals surface area contributed by atoms with Gasteiger partial charge in [-0.1, -0.05) is 41.4 Å². The summed E-state index contributed by atoms with van der Waals surface area (Å²) < 4.78 is 7.71. The molecule has 0 fully saturated rings. The van der Waals surface area contributed by atoms with Gasteiger partial charge in [0.25, 0.3) is 5.91 Å². The van der Waals surface area contributed by atoms with Crippen molar-refractivity contribution in [2.24, 2.45) is 7.05 Å². The van der Waals surface area contributed by atoms with Crippen molar-refractivity contribution in [1.82, 2.24) is 14.9 Å². The highest BCUT2D eigenvalue weighted by molar-refractivity contribution is 6.30. The van der Waals surface area contributed by atoms with Gasteiger partial charge < -0.3 is 14.6 Å². The van der Waals surface area contributed by atoms with Crippen LogP contribution in [0.1, 0.15) is 34.1 Å². The standard InChI is InChI=1S/C22H24ClN3O2/c1-14-11-15(2)21(16(3)12-14)28-13-19(27)25-20(22-24-9-10-26(22)4)17-5-7-18(23)8-6-17/h5-12,20H,13H2,1-4H3,(H,25,27)/t20-/m1/s1. The van der Waals surface area contributed by atoms with E-state index in [2.05, 4.69) is 10.3 Å². The van der Waals surface area contributed by atoms with Gasteiger partial charge in [0, 0.05) is 24.5 Å². The normalized spacial score (nSPS) is 11.9. The molecule has 1 aromatic heterocycles. The van der Waals surface area contributed by atoms with Gasteiger partial charge in [0.05, 0.1) is 0 Å². The molecular weight excluding hydrogens is 374 g/mol. The Bertz CT molecular complexity index is 957. The number of hydrogen-bond acceptors (Lipinski definition) is 3. The maximum atomic E-state index is 12.7. The van der Waals surface area contributed by atoms with Crippen LogP contribution in [-0.4, -0.2) is 22.1 Å². The first-order chi connectivity index (χ1) is 13.3. The lowest BCUT2D eigenvalue weighted by Crippen LogP contribution is -2.34. The predicted octanol–water partition coefficient (Wildman–Crippen LogP) is 4.28. The van der Waals surface area contributed by atoms with Gasteiger partial charge in [-0.05, 0) is 49.6 Å². The minimum absolute atomic E-state index is 0.0702. The quantitative estimate of drug-likeness (QED) is 0.675. The summed E-state index contributed by atoms with van der Waals surface area (Å²) in [5.74, 6) is 1.27. The molecule has 0 aliphatic rings. The number of aromatic nitrogens is 2. The molecule has 1 atom stereocenters. The number of aryl methyl sites for hydroxylation is 4. The Hall–Kier alpha value is -2.79. The number of nitrogens with one attached hydrogen (secondary N) is 1. The van der Waals surface area contributed by atoms with Crippen LogP contribution in [0.4, 0.5) is 0 Å². The number of hydrogen-bond donors (Lipinski definition) is 1. The molecule has 0 radical (unpaired) electrons. The van der Waals surface area contributed by atoms with Crippen LogP contribution in [-0.2, 0) is 11.8 Å². The van der Waals surface area contributed by atoms with E-state index >= 15 is 0 Å². The van der Waals surface area contributed by atoms with Crippen molar-refractivity contribution in [2.75, 3.05) is 6.61 Å². The first-order valence-electron chi connectivity index (χ1n) is 9.08. The summed E-state index contributed by atoms with van der Waals surface area (Å²) in [4.78, 5) is 17.1. The lowest BCUT2D eigenvalue weighted by molar-refractivity contribution is -0.123. The van der Waals surface area contributed by atoms with Crippen LogP contribution in [0.25, 0.3) is 0 Å². The van der Waals surface area contributed by atoms with Crippen LogP contribution < -0.4 is 10.1 Å². The third-order valence-corrected chi connectivity index (χ3v) is 4.83. The van der Waals surface area contributed by atoms with Gasteiger partial charge in [0.15, 0.2) is 6.61 Å². The average Bonchev–Trinajstić information content (AvgIpc) is 3.05. The van der Waals surface area contributed by atoms with Crippen LogP contribution >= 0.6 is 11.6 Å². The van der Waals surface area contributed by atoms with Gasteiger partial charge in [0.1, 0.15) is 17.6 Å². The number of halogens is 1. The van der Waals surface area contributed by atoms with E-state index in [1.807, 2.05) is 62.8 Å². The van der Waals surface area contributed by atoms with Crippen molar-refractivity contribution in [3.05, 3.63) is 81.9 Å². The number of carbonyl (C=O) groups excluding carboxylic acids is 1. The number of rotatable bonds is 6. The Morgan fingerprint density at radius 3 is 2.39 bits per heavy atom. The monoisotopic (exact) mass is 397 g/mol. The maximum absolute atomic E-state index is 12.7. The first kappa shape index (κ1) is 20.0. The molecule has 0 spiro atoms. The molecule has 0 unspecified atom stereocenters. The Morgan fingerprint density at radius 2 is 1.82 bits per heavy atom. The van der Waals surface area contributed by atoms with E-state index in [9.17, 15) is 4.79 Å². The van der Waals surface area contributed by atoms with E-state index in [0.29, 0.717) is 5.02 Å². The Morgan fingerprint density at radius 1 is 1.18 bits per heavy atom. The van der Waals surface area contributed by atoms with E-state index < -0.39 is 6.04 Å². The van der Waals surface area contributed by atoms with E-state index in [4.69, 9.17) is 16.3 Å². The lowest BCUT2D eigenvalue weighted by atomic mass is 10.1. The summed E-state index contributed by atoms with van der Waals surface area (Å²) in [5.41, 5.74) is 4.10.